The van der Waals surface area contributed by atoms with Crippen molar-refractivity contribution in [3.05, 3.63) is 42.0 Å². The van der Waals surface area contributed by atoms with Crippen LogP contribution in [0.25, 0.3) is 0 Å². The Morgan fingerprint density at radius 1 is 1.29 bits per heavy atom. The summed E-state index contributed by atoms with van der Waals surface area (Å²) in [5.41, 5.74) is 0.867. The third kappa shape index (κ3) is 4.75. The molecule has 0 spiro atoms. The third-order valence-corrected chi connectivity index (χ3v) is 2.81. The van der Waals surface area contributed by atoms with Crippen LogP contribution < -0.4 is 10.1 Å². The van der Waals surface area contributed by atoms with Crippen molar-refractivity contribution in [3.8, 4) is 5.75 Å². The fourth-order valence-electron chi connectivity index (χ4n) is 1.96. The van der Waals surface area contributed by atoms with Crippen molar-refractivity contribution in [2.75, 3.05) is 6.54 Å². The molecule has 5 nitrogen and oxygen atoms in total. The van der Waals surface area contributed by atoms with Crippen LogP contribution in [0.5, 0.6) is 5.75 Å². The Bertz CT molecular complexity index is 540. The van der Waals surface area contributed by atoms with E-state index in [1.807, 2.05) is 6.92 Å². The van der Waals surface area contributed by atoms with E-state index in [1.54, 1.807) is 12.1 Å². The Balaban J connectivity index is 2.04. The lowest BCUT2D eigenvalue weighted by Crippen LogP contribution is -2.24. The van der Waals surface area contributed by atoms with Crippen LogP contribution in [0.4, 0.5) is 13.2 Å². The molecule has 1 aromatic carbocycles. The highest BCUT2D eigenvalue weighted by atomic mass is 19.4. The second kappa shape index (κ2) is 6.57. The molecule has 2 rings (SSSR count). The van der Waals surface area contributed by atoms with Crippen LogP contribution >= 0.6 is 0 Å². The SMILES string of the molecule is CCNC(Cc1ccc(OC(F)(F)F)cc1)c1ncn[nH]1. The summed E-state index contributed by atoms with van der Waals surface area (Å²) in [5.74, 6) is 0.457. The van der Waals surface area contributed by atoms with E-state index < -0.39 is 6.36 Å². The maximum absolute atomic E-state index is 12.1. The number of ether oxygens (including phenoxy) is 1. The van der Waals surface area contributed by atoms with Crippen molar-refractivity contribution in [1.29, 1.82) is 0 Å². The molecule has 21 heavy (non-hydrogen) atoms. The van der Waals surface area contributed by atoms with Gasteiger partial charge in [0.2, 0.25) is 0 Å². The first-order valence-electron chi connectivity index (χ1n) is 6.41. The van der Waals surface area contributed by atoms with Crippen LogP contribution in [-0.4, -0.2) is 28.1 Å². The van der Waals surface area contributed by atoms with E-state index in [-0.39, 0.29) is 11.8 Å². The number of benzene rings is 1. The maximum Gasteiger partial charge on any atom is 0.573 e. The van der Waals surface area contributed by atoms with E-state index in [4.69, 9.17) is 0 Å². The molecule has 1 heterocycles. The Hall–Kier alpha value is -2.09. The highest BCUT2D eigenvalue weighted by molar-refractivity contribution is 5.28. The fourth-order valence-corrected chi connectivity index (χ4v) is 1.96. The molecule has 0 amide bonds. The first kappa shape index (κ1) is 15.3. The van der Waals surface area contributed by atoms with Gasteiger partial charge in [-0.05, 0) is 30.7 Å². The normalized spacial score (nSPS) is 13.1. The Kier molecular flexibility index (Phi) is 4.79. The van der Waals surface area contributed by atoms with Crippen LogP contribution in [0.15, 0.2) is 30.6 Å². The number of rotatable bonds is 6. The van der Waals surface area contributed by atoms with Crippen molar-refractivity contribution < 1.29 is 17.9 Å². The number of halogens is 3. The molecule has 0 bridgehead atoms. The maximum atomic E-state index is 12.1. The van der Waals surface area contributed by atoms with E-state index in [0.717, 1.165) is 12.1 Å². The van der Waals surface area contributed by atoms with E-state index in [9.17, 15) is 13.2 Å². The summed E-state index contributed by atoms with van der Waals surface area (Å²) in [7, 11) is 0. The van der Waals surface area contributed by atoms with Crippen LogP contribution in [0.1, 0.15) is 24.4 Å². The number of nitrogens with one attached hydrogen (secondary N) is 2. The molecule has 1 atom stereocenters. The molecule has 1 aromatic heterocycles. The molecule has 1 unspecified atom stereocenters. The first-order chi connectivity index (χ1) is 9.98. The van der Waals surface area contributed by atoms with Gasteiger partial charge in [-0.3, -0.25) is 5.10 Å². The number of alkyl halides is 3. The van der Waals surface area contributed by atoms with Crippen molar-refractivity contribution in [2.24, 2.45) is 0 Å². The molecular weight excluding hydrogens is 285 g/mol. The number of hydrogen-bond acceptors (Lipinski definition) is 4. The number of hydrogen-bond donors (Lipinski definition) is 2. The van der Waals surface area contributed by atoms with Crippen molar-refractivity contribution in [1.82, 2.24) is 20.5 Å². The van der Waals surface area contributed by atoms with Gasteiger partial charge in [0.15, 0.2) is 0 Å². The lowest BCUT2D eigenvalue weighted by atomic mass is 10.1. The highest BCUT2D eigenvalue weighted by Gasteiger charge is 2.31. The van der Waals surface area contributed by atoms with Gasteiger partial charge in [-0.1, -0.05) is 19.1 Å². The van der Waals surface area contributed by atoms with E-state index in [2.05, 4.69) is 25.2 Å². The van der Waals surface area contributed by atoms with Crippen LogP contribution in [0, 0.1) is 0 Å². The summed E-state index contributed by atoms with van der Waals surface area (Å²) >= 11 is 0. The van der Waals surface area contributed by atoms with Crippen LogP contribution in [0.3, 0.4) is 0 Å². The number of aromatic nitrogens is 3. The first-order valence-corrected chi connectivity index (χ1v) is 6.41. The minimum Gasteiger partial charge on any atom is -0.406 e. The second-order valence-corrected chi connectivity index (χ2v) is 4.38. The van der Waals surface area contributed by atoms with Crippen molar-refractivity contribution >= 4 is 0 Å². The van der Waals surface area contributed by atoms with Crippen molar-refractivity contribution in [3.63, 3.8) is 0 Å². The Morgan fingerprint density at radius 3 is 2.52 bits per heavy atom. The van der Waals surface area contributed by atoms with E-state index >= 15 is 0 Å². The molecule has 8 heteroatoms. The van der Waals surface area contributed by atoms with Gasteiger partial charge < -0.3 is 10.1 Å². The number of likely N-dealkylation sites (N-methyl/N-ethyl adjacent to an activating group) is 1. The van der Waals surface area contributed by atoms with Gasteiger partial charge in [-0.2, -0.15) is 5.10 Å². The quantitative estimate of drug-likeness (QED) is 0.861. The molecule has 114 valence electrons. The zero-order chi connectivity index (χ0) is 15.3. The molecule has 0 saturated heterocycles. The van der Waals surface area contributed by atoms with Gasteiger partial charge in [-0.15, -0.1) is 13.2 Å². The molecule has 2 aromatic rings. The summed E-state index contributed by atoms with van der Waals surface area (Å²) in [6.45, 7) is 2.70. The lowest BCUT2D eigenvalue weighted by molar-refractivity contribution is -0.274. The van der Waals surface area contributed by atoms with Gasteiger partial charge in [0.05, 0.1) is 6.04 Å². The summed E-state index contributed by atoms with van der Waals surface area (Å²) in [4.78, 5) is 4.09. The number of nitrogens with zero attached hydrogens (tertiary/aromatic N) is 2. The zero-order valence-electron chi connectivity index (χ0n) is 11.3. The minimum atomic E-state index is -4.67. The predicted octanol–water partition coefficient (Wildman–Crippen LogP) is 2.60. The van der Waals surface area contributed by atoms with Gasteiger partial charge in [0, 0.05) is 0 Å². The molecule has 0 fully saturated rings. The number of aromatic amines is 1. The third-order valence-electron chi connectivity index (χ3n) is 2.81. The molecule has 0 saturated carbocycles. The largest absolute Gasteiger partial charge is 0.573 e. The monoisotopic (exact) mass is 300 g/mol. The molecule has 0 aliphatic rings. The van der Waals surface area contributed by atoms with E-state index in [1.165, 1.54) is 18.5 Å². The van der Waals surface area contributed by atoms with Gasteiger partial charge in [0.1, 0.15) is 17.9 Å². The zero-order valence-corrected chi connectivity index (χ0v) is 11.3. The molecular formula is C13H15F3N4O. The Morgan fingerprint density at radius 2 is 2.00 bits per heavy atom. The lowest BCUT2D eigenvalue weighted by Gasteiger charge is -2.15. The van der Waals surface area contributed by atoms with Gasteiger partial charge in [0.25, 0.3) is 0 Å². The molecule has 0 aliphatic heterocycles. The number of H-pyrrole nitrogens is 1. The van der Waals surface area contributed by atoms with E-state index in [0.29, 0.717) is 12.2 Å². The van der Waals surface area contributed by atoms with Gasteiger partial charge in [-0.25, -0.2) is 4.98 Å². The smallest absolute Gasteiger partial charge is 0.406 e. The van der Waals surface area contributed by atoms with Gasteiger partial charge >= 0.3 is 6.36 Å². The second-order valence-electron chi connectivity index (χ2n) is 4.38. The summed E-state index contributed by atoms with van der Waals surface area (Å²) < 4.78 is 40.1. The highest BCUT2D eigenvalue weighted by Crippen LogP contribution is 2.24. The van der Waals surface area contributed by atoms with Crippen molar-refractivity contribution in [2.45, 2.75) is 25.7 Å². The molecule has 2 N–H and O–H groups in total. The molecule has 0 radical (unpaired) electrons. The standard InChI is InChI=1S/C13H15F3N4O/c1-2-17-11(12-18-8-19-20-12)7-9-3-5-10(6-4-9)21-13(14,15)16/h3-6,8,11,17H,2,7H2,1H3,(H,18,19,20). The van der Waals surface area contributed by atoms with Crippen LogP contribution in [0.2, 0.25) is 0 Å². The Labute approximate surface area is 119 Å². The summed E-state index contributed by atoms with van der Waals surface area (Å²) in [5, 5.41) is 9.83. The fraction of sp³-hybridized carbons (Fsp3) is 0.385. The average Bonchev–Trinajstić information content (AvgIpc) is 2.92. The molecule has 0 aliphatic carbocycles. The predicted molar refractivity (Wildman–Crippen MR) is 69.6 cm³/mol. The minimum absolute atomic E-state index is 0.0770. The van der Waals surface area contributed by atoms with Crippen LogP contribution in [-0.2, 0) is 6.42 Å². The summed E-state index contributed by atoms with van der Waals surface area (Å²) in [6.07, 6.45) is -2.68. The average molecular weight is 300 g/mol. The summed E-state index contributed by atoms with van der Waals surface area (Å²) in [6, 6.07) is 5.72. The topological polar surface area (TPSA) is 62.8 Å².